The molecule has 2 rings (SSSR count). The first kappa shape index (κ1) is 21.0. The minimum atomic E-state index is -0.674. The second-order valence-corrected chi connectivity index (χ2v) is 7.16. The van der Waals surface area contributed by atoms with Crippen molar-refractivity contribution in [3.8, 4) is 0 Å². The number of para-hydroxylation sites is 2. The smallest absolute Gasteiger partial charge is 0.408 e. The highest BCUT2D eigenvalue weighted by atomic mass is 16.6. The third-order valence-corrected chi connectivity index (χ3v) is 3.47. The van der Waals surface area contributed by atoms with Gasteiger partial charge in [-0.2, -0.15) is 0 Å². The first-order valence-corrected chi connectivity index (χ1v) is 8.92. The molecule has 0 bridgehead atoms. The molecule has 3 N–H and O–H groups in total. The number of amides is 3. The van der Waals surface area contributed by atoms with E-state index >= 15 is 0 Å². The van der Waals surface area contributed by atoms with Crippen molar-refractivity contribution >= 4 is 29.3 Å². The molecule has 0 saturated heterocycles. The average molecular weight is 383 g/mol. The molecule has 0 aliphatic rings. The number of alkyl carbamates (subject to hydrolysis) is 1. The number of nitrogens with one attached hydrogen (secondary N) is 3. The van der Waals surface area contributed by atoms with Gasteiger partial charge in [0.15, 0.2) is 0 Å². The zero-order valence-corrected chi connectivity index (χ0v) is 16.2. The van der Waals surface area contributed by atoms with Gasteiger partial charge in [0.25, 0.3) is 0 Å². The van der Waals surface area contributed by atoms with Crippen molar-refractivity contribution in [1.29, 1.82) is 0 Å². The molecule has 2 aromatic rings. The van der Waals surface area contributed by atoms with Crippen LogP contribution in [-0.4, -0.2) is 30.1 Å². The molecule has 0 atom stereocenters. The third kappa shape index (κ3) is 7.49. The van der Waals surface area contributed by atoms with E-state index in [-0.39, 0.29) is 18.9 Å². The Hall–Kier alpha value is -3.35. The molecule has 0 fully saturated rings. The lowest BCUT2D eigenvalue weighted by Crippen LogP contribution is -2.37. The number of ether oxygens (including phenoxy) is 1. The van der Waals surface area contributed by atoms with E-state index in [4.69, 9.17) is 4.74 Å². The van der Waals surface area contributed by atoms with Crippen molar-refractivity contribution in [1.82, 2.24) is 5.32 Å². The Bertz CT molecular complexity index is 829. The number of benzene rings is 2. The fourth-order valence-electron chi connectivity index (χ4n) is 2.34. The maximum atomic E-state index is 12.3. The summed E-state index contributed by atoms with van der Waals surface area (Å²) in [5.41, 5.74) is 1.17. The number of carbonyl (C=O) groups is 3. The van der Waals surface area contributed by atoms with Crippen molar-refractivity contribution in [2.75, 3.05) is 17.2 Å². The Morgan fingerprint density at radius 1 is 0.821 bits per heavy atom. The fourth-order valence-corrected chi connectivity index (χ4v) is 2.34. The molecule has 28 heavy (non-hydrogen) atoms. The van der Waals surface area contributed by atoms with Crippen molar-refractivity contribution < 1.29 is 19.1 Å². The molecule has 7 nitrogen and oxygen atoms in total. The topological polar surface area (TPSA) is 96.5 Å². The summed E-state index contributed by atoms with van der Waals surface area (Å²) in [6.07, 6.45) is -0.448. The van der Waals surface area contributed by atoms with Crippen molar-refractivity contribution in [3.63, 3.8) is 0 Å². The lowest BCUT2D eigenvalue weighted by molar-refractivity contribution is -0.116. The first-order valence-electron chi connectivity index (χ1n) is 8.92. The molecule has 0 heterocycles. The first-order chi connectivity index (χ1) is 13.2. The third-order valence-electron chi connectivity index (χ3n) is 3.47. The lowest BCUT2D eigenvalue weighted by atomic mass is 10.1. The Labute approximate surface area is 164 Å². The maximum Gasteiger partial charge on any atom is 0.408 e. The SMILES string of the molecule is CC(C)(C)OC(=O)NCC(=O)Nc1ccccc1NC(=O)Cc1ccccc1. The molecule has 148 valence electrons. The van der Waals surface area contributed by atoms with Gasteiger partial charge in [-0.25, -0.2) is 4.79 Å². The number of carbonyl (C=O) groups excluding carboxylic acids is 3. The Morgan fingerprint density at radius 2 is 1.36 bits per heavy atom. The molecule has 7 heteroatoms. The Morgan fingerprint density at radius 3 is 1.93 bits per heavy atom. The van der Waals surface area contributed by atoms with E-state index in [1.165, 1.54) is 0 Å². The van der Waals surface area contributed by atoms with Gasteiger partial charge in [-0.1, -0.05) is 42.5 Å². The molecule has 0 unspecified atom stereocenters. The van der Waals surface area contributed by atoms with Crippen molar-refractivity contribution in [2.45, 2.75) is 32.8 Å². The maximum absolute atomic E-state index is 12.3. The summed E-state index contributed by atoms with van der Waals surface area (Å²) in [5, 5.41) is 7.86. The van der Waals surface area contributed by atoms with E-state index in [9.17, 15) is 14.4 Å². The highest BCUT2D eigenvalue weighted by Crippen LogP contribution is 2.21. The minimum Gasteiger partial charge on any atom is -0.444 e. The van der Waals surface area contributed by atoms with Crippen LogP contribution in [0.25, 0.3) is 0 Å². The van der Waals surface area contributed by atoms with Gasteiger partial charge >= 0.3 is 6.09 Å². The normalized spacial score (nSPS) is 10.7. The van der Waals surface area contributed by atoms with Gasteiger partial charge in [0.1, 0.15) is 12.1 Å². The molecule has 0 aliphatic heterocycles. The predicted molar refractivity (Wildman–Crippen MR) is 108 cm³/mol. The van der Waals surface area contributed by atoms with Gasteiger partial charge in [-0.05, 0) is 38.5 Å². The molecule has 2 aromatic carbocycles. The van der Waals surface area contributed by atoms with Crippen molar-refractivity contribution in [3.05, 3.63) is 60.2 Å². The van der Waals surface area contributed by atoms with Crippen molar-refractivity contribution in [2.24, 2.45) is 0 Å². The molecule has 0 aliphatic carbocycles. The van der Waals surface area contributed by atoms with Crippen LogP contribution < -0.4 is 16.0 Å². The molecule has 0 spiro atoms. The molecule has 0 aromatic heterocycles. The van der Waals surface area contributed by atoms with Gasteiger partial charge < -0.3 is 20.7 Å². The Balaban J connectivity index is 1.91. The summed E-state index contributed by atoms with van der Waals surface area (Å²) in [6.45, 7) is 4.96. The van der Waals surface area contributed by atoms with Crippen LogP contribution >= 0.6 is 0 Å². The molecule has 0 radical (unpaired) electrons. The number of hydrogen-bond donors (Lipinski definition) is 3. The van der Waals surface area contributed by atoms with Crippen LogP contribution in [-0.2, 0) is 20.7 Å². The minimum absolute atomic E-state index is 0.195. The van der Waals surface area contributed by atoms with Crippen LogP contribution in [0.4, 0.5) is 16.2 Å². The number of anilines is 2. The van der Waals surface area contributed by atoms with E-state index in [1.807, 2.05) is 30.3 Å². The Kier molecular flexibility index (Phi) is 7.14. The second-order valence-electron chi connectivity index (χ2n) is 7.16. The van der Waals surface area contributed by atoms with Crippen LogP contribution in [0.1, 0.15) is 26.3 Å². The zero-order chi connectivity index (χ0) is 20.6. The van der Waals surface area contributed by atoms with E-state index in [2.05, 4.69) is 16.0 Å². The van der Waals surface area contributed by atoms with Crippen LogP contribution in [0.15, 0.2) is 54.6 Å². The average Bonchev–Trinajstić information content (AvgIpc) is 2.61. The molecule has 3 amide bonds. The van der Waals surface area contributed by atoms with E-state index in [0.29, 0.717) is 11.4 Å². The highest BCUT2D eigenvalue weighted by molar-refractivity contribution is 6.01. The predicted octanol–water partition coefficient (Wildman–Crippen LogP) is 3.33. The standard InChI is InChI=1S/C21H25N3O4/c1-21(2,3)28-20(27)22-14-19(26)24-17-12-8-7-11-16(17)23-18(25)13-15-9-5-4-6-10-15/h4-12H,13-14H2,1-3H3,(H,22,27)(H,23,25)(H,24,26). The van der Waals surface area contributed by atoms with Crippen LogP contribution in [0.2, 0.25) is 0 Å². The molecular weight excluding hydrogens is 358 g/mol. The summed E-state index contributed by atoms with van der Waals surface area (Å²) in [6, 6.07) is 16.2. The van der Waals surface area contributed by atoms with E-state index < -0.39 is 17.6 Å². The van der Waals surface area contributed by atoms with Crippen LogP contribution in [0, 0.1) is 0 Å². The van der Waals surface area contributed by atoms with Gasteiger partial charge in [0.05, 0.1) is 17.8 Å². The van der Waals surface area contributed by atoms with Gasteiger partial charge in [0, 0.05) is 0 Å². The monoisotopic (exact) mass is 383 g/mol. The number of hydrogen-bond acceptors (Lipinski definition) is 4. The highest BCUT2D eigenvalue weighted by Gasteiger charge is 2.17. The summed E-state index contributed by atoms with van der Waals surface area (Å²) < 4.78 is 5.08. The van der Waals surface area contributed by atoms with Crippen LogP contribution in [0.5, 0.6) is 0 Å². The van der Waals surface area contributed by atoms with E-state index in [0.717, 1.165) is 5.56 Å². The lowest BCUT2D eigenvalue weighted by Gasteiger charge is -2.19. The van der Waals surface area contributed by atoms with Crippen LogP contribution in [0.3, 0.4) is 0 Å². The quantitative estimate of drug-likeness (QED) is 0.713. The fraction of sp³-hybridized carbons (Fsp3) is 0.286. The molecule has 0 saturated carbocycles. The summed E-state index contributed by atoms with van der Waals surface area (Å²) in [4.78, 5) is 36.0. The van der Waals surface area contributed by atoms with Gasteiger partial charge in [-0.3, -0.25) is 9.59 Å². The molecular formula is C21H25N3O4. The van der Waals surface area contributed by atoms with Gasteiger partial charge in [-0.15, -0.1) is 0 Å². The number of rotatable bonds is 6. The summed E-state index contributed by atoms with van der Waals surface area (Å²) in [7, 11) is 0. The largest absolute Gasteiger partial charge is 0.444 e. The van der Waals surface area contributed by atoms with E-state index in [1.54, 1.807) is 45.0 Å². The summed E-state index contributed by atoms with van der Waals surface area (Å²) >= 11 is 0. The second kappa shape index (κ2) is 9.55. The zero-order valence-electron chi connectivity index (χ0n) is 16.2. The van der Waals surface area contributed by atoms with Gasteiger partial charge in [0.2, 0.25) is 11.8 Å². The summed E-state index contributed by atoms with van der Waals surface area (Å²) in [5.74, 6) is -0.629.